The number of imidazole rings is 1. The highest BCUT2D eigenvalue weighted by molar-refractivity contribution is 6.32. The highest BCUT2D eigenvalue weighted by Gasteiger charge is 2.05. The second-order valence-electron chi connectivity index (χ2n) is 5.49. The van der Waals surface area contributed by atoms with Crippen LogP contribution in [0.2, 0.25) is 5.15 Å². The summed E-state index contributed by atoms with van der Waals surface area (Å²) in [7, 11) is 0. The minimum absolute atomic E-state index is 0.423. The third-order valence-corrected chi connectivity index (χ3v) is 4.09. The predicted molar refractivity (Wildman–Crippen MR) is 98.8 cm³/mol. The van der Waals surface area contributed by atoms with Gasteiger partial charge >= 0.3 is 0 Å². The van der Waals surface area contributed by atoms with Crippen molar-refractivity contribution >= 4 is 45.7 Å². The number of anilines is 1. The molecule has 2 heterocycles. The van der Waals surface area contributed by atoms with Crippen LogP contribution in [0, 0.1) is 6.92 Å². The molecular weight excluding hydrogens is 322 g/mol. The monoisotopic (exact) mass is 335 g/mol. The molecule has 0 atom stereocenters. The topological polar surface area (TPSA) is 66.0 Å². The van der Waals surface area contributed by atoms with Gasteiger partial charge in [0.15, 0.2) is 0 Å². The normalized spacial score (nSPS) is 11.6. The van der Waals surface area contributed by atoms with Gasteiger partial charge < -0.3 is 4.98 Å². The molecule has 4 rings (SSSR count). The molecule has 0 spiro atoms. The summed E-state index contributed by atoms with van der Waals surface area (Å²) >= 11 is 6.27. The van der Waals surface area contributed by atoms with E-state index in [0.717, 1.165) is 33.1 Å². The fourth-order valence-electron chi connectivity index (χ4n) is 2.60. The Bertz CT molecular complexity index is 1030. The highest BCUT2D eigenvalue weighted by Crippen LogP contribution is 2.22. The number of aryl methyl sites for hydroxylation is 1. The van der Waals surface area contributed by atoms with E-state index in [2.05, 4.69) is 25.5 Å². The second kappa shape index (κ2) is 5.94. The number of pyridine rings is 1. The van der Waals surface area contributed by atoms with E-state index in [-0.39, 0.29) is 0 Å². The van der Waals surface area contributed by atoms with Crippen LogP contribution in [0.15, 0.2) is 53.6 Å². The van der Waals surface area contributed by atoms with E-state index in [1.165, 1.54) is 0 Å². The van der Waals surface area contributed by atoms with Crippen molar-refractivity contribution in [3.05, 3.63) is 64.8 Å². The fraction of sp³-hybridized carbons (Fsp3) is 0.0556. The van der Waals surface area contributed by atoms with Crippen molar-refractivity contribution in [3.8, 4) is 0 Å². The number of fused-ring (bicyclic) bond motifs is 2. The number of rotatable bonds is 3. The summed E-state index contributed by atoms with van der Waals surface area (Å²) in [5, 5.41) is 5.66. The van der Waals surface area contributed by atoms with E-state index in [4.69, 9.17) is 11.6 Å². The van der Waals surface area contributed by atoms with Crippen molar-refractivity contribution in [2.75, 3.05) is 5.43 Å². The van der Waals surface area contributed by atoms with Gasteiger partial charge in [0.05, 0.1) is 22.8 Å². The van der Waals surface area contributed by atoms with Crippen LogP contribution in [0.1, 0.15) is 11.1 Å². The zero-order valence-corrected chi connectivity index (χ0v) is 13.7. The summed E-state index contributed by atoms with van der Waals surface area (Å²) < 4.78 is 0. The highest BCUT2D eigenvalue weighted by atomic mass is 35.5. The van der Waals surface area contributed by atoms with Gasteiger partial charge in [0.1, 0.15) is 5.15 Å². The molecule has 0 fully saturated rings. The molecule has 0 aliphatic carbocycles. The molecule has 0 aliphatic rings. The SMILES string of the molecule is Cc1cccc2cc(/C=N\Nc3nc4ccccc4[nH]3)c(Cl)nc12. The number of para-hydroxylation sites is 3. The second-order valence-corrected chi connectivity index (χ2v) is 5.85. The van der Waals surface area contributed by atoms with Crippen LogP contribution in [0.4, 0.5) is 5.95 Å². The summed E-state index contributed by atoms with van der Waals surface area (Å²) in [5.74, 6) is 0.577. The number of hydrogen-bond acceptors (Lipinski definition) is 4. The fourth-order valence-corrected chi connectivity index (χ4v) is 2.79. The maximum atomic E-state index is 6.27. The lowest BCUT2D eigenvalue weighted by Crippen LogP contribution is -1.95. The van der Waals surface area contributed by atoms with Crippen LogP contribution in [-0.2, 0) is 0 Å². The van der Waals surface area contributed by atoms with Crippen molar-refractivity contribution in [3.63, 3.8) is 0 Å². The molecule has 0 bridgehead atoms. The van der Waals surface area contributed by atoms with Crippen molar-refractivity contribution in [1.29, 1.82) is 0 Å². The summed E-state index contributed by atoms with van der Waals surface area (Å²) in [6.45, 7) is 2.02. The number of nitrogens with zero attached hydrogens (tertiary/aromatic N) is 3. The predicted octanol–water partition coefficient (Wildman–Crippen LogP) is 4.52. The summed E-state index contributed by atoms with van der Waals surface area (Å²) in [5.41, 5.74) is 7.48. The van der Waals surface area contributed by atoms with Crippen molar-refractivity contribution in [2.24, 2.45) is 5.10 Å². The van der Waals surface area contributed by atoms with Gasteiger partial charge in [0.2, 0.25) is 5.95 Å². The first kappa shape index (κ1) is 14.7. The molecule has 0 saturated carbocycles. The Morgan fingerprint density at radius 2 is 2.00 bits per heavy atom. The summed E-state index contributed by atoms with van der Waals surface area (Å²) in [6, 6.07) is 15.8. The third-order valence-electron chi connectivity index (χ3n) is 3.79. The standard InChI is InChI=1S/C18H14ClN5/c1-11-5-4-6-12-9-13(17(19)23-16(11)12)10-20-24-18-21-14-7-2-3-8-15(14)22-18/h2-10H,1H3,(H2,21,22,24)/b20-10-. The first-order valence-electron chi connectivity index (χ1n) is 7.50. The van der Waals surface area contributed by atoms with Gasteiger partial charge in [-0.05, 0) is 30.7 Å². The Morgan fingerprint density at radius 1 is 1.12 bits per heavy atom. The molecule has 2 aromatic carbocycles. The average Bonchev–Trinajstić information content (AvgIpc) is 2.99. The van der Waals surface area contributed by atoms with Crippen molar-refractivity contribution < 1.29 is 0 Å². The number of benzene rings is 2. The third kappa shape index (κ3) is 2.70. The largest absolute Gasteiger partial charge is 0.323 e. The molecule has 24 heavy (non-hydrogen) atoms. The van der Waals surface area contributed by atoms with Crippen LogP contribution in [-0.4, -0.2) is 21.2 Å². The van der Waals surface area contributed by atoms with Gasteiger partial charge in [-0.3, -0.25) is 0 Å². The number of aromatic nitrogens is 3. The molecule has 0 amide bonds. The molecule has 0 saturated heterocycles. The minimum Gasteiger partial charge on any atom is -0.323 e. The lowest BCUT2D eigenvalue weighted by molar-refractivity contribution is 1.21. The first-order chi connectivity index (χ1) is 11.7. The molecule has 118 valence electrons. The molecule has 0 unspecified atom stereocenters. The Kier molecular flexibility index (Phi) is 3.63. The van der Waals surface area contributed by atoms with Gasteiger partial charge in [-0.1, -0.05) is 41.9 Å². The van der Waals surface area contributed by atoms with E-state index in [0.29, 0.717) is 11.1 Å². The van der Waals surface area contributed by atoms with Gasteiger partial charge in [-0.15, -0.1) is 0 Å². The van der Waals surface area contributed by atoms with E-state index < -0.39 is 0 Å². The maximum absolute atomic E-state index is 6.27. The number of hydrazone groups is 1. The van der Waals surface area contributed by atoms with Crippen molar-refractivity contribution in [1.82, 2.24) is 15.0 Å². The van der Waals surface area contributed by atoms with Crippen molar-refractivity contribution in [2.45, 2.75) is 6.92 Å². The van der Waals surface area contributed by atoms with Gasteiger partial charge in [0, 0.05) is 10.9 Å². The zero-order valence-electron chi connectivity index (χ0n) is 12.9. The smallest absolute Gasteiger partial charge is 0.222 e. The lowest BCUT2D eigenvalue weighted by atomic mass is 10.1. The molecule has 0 aliphatic heterocycles. The molecule has 4 aromatic rings. The van der Waals surface area contributed by atoms with Crippen LogP contribution in [0.3, 0.4) is 0 Å². The molecule has 5 nitrogen and oxygen atoms in total. The molecule has 6 heteroatoms. The van der Waals surface area contributed by atoms with Gasteiger partial charge in [-0.25, -0.2) is 15.4 Å². The van der Waals surface area contributed by atoms with Crippen LogP contribution >= 0.6 is 11.6 Å². The Labute approximate surface area is 143 Å². The number of H-pyrrole nitrogens is 1. The first-order valence-corrected chi connectivity index (χ1v) is 7.88. The van der Waals surface area contributed by atoms with Crippen LogP contribution in [0.25, 0.3) is 21.9 Å². The summed E-state index contributed by atoms with van der Waals surface area (Å²) in [6.07, 6.45) is 1.64. The van der Waals surface area contributed by atoms with E-state index in [1.54, 1.807) is 6.21 Å². The minimum atomic E-state index is 0.423. The van der Waals surface area contributed by atoms with E-state index in [1.807, 2.05) is 55.5 Å². The molecule has 0 radical (unpaired) electrons. The number of nitrogens with one attached hydrogen (secondary N) is 2. The summed E-state index contributed by atoms with van der Waals surface area (Å²) in [4.78, 5) is 12.0. The number of aromatic amines is 1. The van der Waals surface area contributed by atoms with Crippen LogP contribution < -0.4 is 5.43 Å². The maximum Gasteiger partial charge on any atom is 0.222 e. The number of hydrogen-bond donors (Lipinski definition) is 2. The molecule has 2 aromatic heterocycles. The molecular formula is C18H14ClN5. The molecule has 2 N–H and O–H groups in total. The quantitative estimate of drug-likeness (QED) is 0.328. The van der Waals surface area contributed by atoms with Gasteiger partial charge in [-0.2, -0.15) is 5.10 Å². The zero-order chi connectivity index (χ0) is 16.5. The Balaban J connectivity index is 1.61. The van der Waals surface area contributed by atoms with E-state index in [9.17, 15) is 0 Å². The Morgan fingerprint density at radius 3 is 2.88 bits per heavy atom. The average molecular weight is 336 g/mol. The Hall–Kier alpha value is -2.92. The lowest BCUT2D eigenvalue weighted by Gasteiger charge is -2.04. The number of halogens is 1. The van der Waals surface area contributed by atoms with E-state index >= 15 is 0 Å². The van der Waals surface area contributed by atoms with Gasteiger partial charge in [0.25, 0.3) is 0 Å². The van der Waals surface area contributed by atoms with Crippen LogP contribution in [0.5, 0.6) is 0 Å².